The van der Waals surface area contributed by atoms with E-state index in [0.717, 1.165) is 56.2 Å². The number of aldehydes is 1. The number of halogens is 1. The van der Waals surface area contributed by atoms with E-state index in [1.807, 2.05) is 18.3 Å². The molecule has 1 aromatic rings. The minimum atomic E-state index is -1.18. The highest BCUT2D eigenvalue weighted by Crippen LogP contribution is 2.84. The number of carboxylic acids is 1. The summed E-state index contributed by atoms with van der Waals surface area (Å²) in [6.07, 6.45) is 16.1. The van der Waals surface area contributed by atoms with E-state index in [2.05, 4.69) is 43.8 Å². The van der Waals surface area contributed by atoms with Crippen LogP contribution in [0.5, 0.6) is 0 Å². The average molecular weight is 623 g/mol. The molecule has 1 saturated heterocycles. The van der Waals surface area contributed by atoms with Crippen LogP contribution >= 0.6 is 11.6 Å². The quantitative estimate of drug-likeness (QED) is 0.175. The molecule has 0 radical (unpaired) electrons. The van der Waals surface area contributed by atoms with Gasteiger partial charge in [-0.2, -0.15) is 0 Å². The molecule has 5 fully saturated rings. The predicted molar refractivity (Wildman–Crippen MR) is 171 cm³/mol. The molecule has 2 heterocycles. The summed E-state index contributed by atoms with van der Waals surface area (Å²) in [6, 6.07) is 3.88. The molecule has 4 bridgehead atoms. The second-order valence-corrected chi connectivity index (χ2v) is 16.4. The maximum atomic E-state index is 14.1. The number of ether oxygens (including phenoxy) is 1. The number of pyridine rings is 1. The SMILES string of the molecule is CC(C)C1=CC2CC3(C=O)[C@@H]4CC[C@@H](C)[C@H]4CC2(C2CC(C4CCCCC4)C(CN(C)Cc4ccc(Cl)nc4)O2)[C@]13C(=O)O. The number of aromatic nitrogens is 1. The molecule has 44 heavy (non-hydrogen) atoms. The van der Waals surface area contributed by atoms with E-state index in [9.17, 15) is 14.7 Å². The van der Waals surface area contributed by atoms with Crippen molar-refractivity contribution in [1.29, 1.82) is 0 Å². The summed E-state index contributed by atoms with van der Waals surface area (Å²) in [5, 5.41) is 12.1. The molecule has 1 aliphatic heterocycles. The van der Waals surface area contributed by atoms with E-state index in [-0.39, 0.29) is 30.0 Å². The van der Waals surface area contributed by atoms with Crippen molar-refractivity contribution in [2.75, 3.05) is 13.6 Å². The molecular formula is C37H51ClN2O4. The van der Waals surface area contributed by atoms with Crippen LogP contribution in [0, 0.1) is 57.7 Å². The number of hydrogen-bond donors (Lipinski definition) is 1. The first-order chi connectivity index (χ1) is 21.1. The summed E-state index contributed by atoms with van der Waals surface area (Å²) in [7, 11) is 2.15. The Balaban J connectivity index is 1.28. The fraction of sp³-hybridized carbons (Fsp3) is 0.757. The lowest BCUT2D eigenvalue weighted by Gasteiger charge is -2.60. The summed E-state index contributed by atoms with van der Waals surface area (Å²) in [5.74, 6) is 1.44. The van der Waals surface area contributed by atoms with Gasteiger partial charge in [-0.05, 0) is 85.8 Å². The van der Waals surface area contributed by atoms with Crippen LogP contribution in [0.4, 0.5) is 0 Å². The zero-order valence-corrected chi connectivity index (χ0v) is 27.8. The van der Waals surface area contributed by atoms with E-state index in [4.69, 9.17) is 16.3 Å². The van der Waals surface area contributed by atoms with Crippen molar-refractivity contribution >= 4 is 23.9 Å². The lowest BCUT2D eigenvalue weighted by molar-refractivity contribution is -0.197. The molecule has 4 saturated carbocycles. The number of aliphatic carboxylic acids is 1. The normalized spacial score (nSPS) is 43.1. The van der Waals surface area contributed by atoms with E-state index >= 15 is 0 Å². The number of rotatable bonds is 9. The van der Waals surface area contributed by atoms with E-state index < -0.39 is 22.2 Å². The van der Waals surface area contributed by atoms with Crippen LogP contribution < -0.4 is 0 Å². The first-order valence-electron chi connectivity index (χ1n) is 17.5. The van der Waals surface area contributed by atoms with Gasteiger partial charge in [-0.15, -0.1) is 0 Å². The molecule has 1 aromatic heterocycles. The highest BCUT2D eigenvalue weighted by molar-refractivity contribution is 6.29. The summed E-state index contributed by atoms with van der Waals surface area (Å²) >= 11 is 6.05. The molecule has 7 heteroatoms. The van der Waals surface area contributed by atoms with Gasteiger partial charge in [-0.25, -0.2) is 4.98 Å². The van der Waals surface area contributed by atoms with Crippen molar-refractivity contribution < 1.29 is 19.4 Å². The number of likely N-dealkylation sites (N-methyl/N-ethyl adjacent to an activating group) is 1. The molecule has 1 N–H and O–H groups in total. The van der Waals surface area contributed by atoms with Gasteiger partial charge in [0.15, 0.2) is 0 Å². The summed E-state index contributed by atoms with van der Waals surface area (Å²) in [4.78, 5) is 34.3. The molecule has 0 aromatic carbocycles. The van der Waals surface area contributed by atoms with Crippen LogP contribution in [0.2, 0.25) is 5.15 Å². The molecule has 240 valence electrons. The first-order valence-corrected chi connectivity index (χ1v) is 17.8. The lowest BCUT2D eigenvalue weighted by atomic mass is 9.41. The summed E-state index contributed by atoms with van der Waals surface area (Å²) in [6.45, 7) is 8.17. The number of carboxylic acid groups (broad SMARTS) is 1. The lowest BCUT2D eigenvalue weighted by Crippen LogP contribution is -2.65. The van der Waals surface area contributed by atoms with Gasteiger partial charge in [0.05, 0.1) is 17.6 Å². The Morgan fingerprint density at radius 3 is 2.59 bits per heavy atom. The minimum absolute atomic E-state index is 0.0421. The molecule has 5 aliphatic carbocycles. The fourth-order valence-corrected chi connectivity index (χ4v) is 12.5. The van der Waals surface area contributed by atoms with E-state index in [1.54, 1.807) is 0 Å². The second-order valence-electron chi connectivity index (χ2n) is 16.0. The fourth-order valence-electron chi connectivity index (χ4n) is 12.4. The van der Waals surface area contributed by atoms with Gasteiger partial charge >= 0.3 is 5.97 Å². The smallest absolute Gasteiger partial charge is 0.315 e. The van der Waals surface area contributed by atoms with Crippen LogP contribution in [0.15, 0.2) is 30.0 Å². The highest BCUT2D eigenvalue weighted by atomic mass is 35.5. The van der Waals surface area contributed by atoms with Crippen molar-refractivity contribution in [2.24, 2.45) is 57.7 Å². The van der Waals surface area contributed by atoms with Gasteiger partial charge < -0.3 is 14.6 Å². The Morgan fingerprint density at radius 2 is 1.93 bits per heavy atom. The number of carbonyl (C=O) groups is 2. The van der Waals surface area contributed by atoms with E-state index in [1.165, 1.54) is 32.1 Å². The zero-order chi connectivity index (χ0) is 31.0. The standard InChI is InChI=1S/C37H51ClN2O4/c1-22(2)30-14-26-16-35(21-41)29-12-10-23(3)28(29)17-36(26,37(30,35)34(42)43)32-15-27(25-8-6-5-7-9-25)31(44-32)20-40(4)19-24-11-13-33(38)39-18-24/h11,13-14,18,21-23,25-29,31-32H,5-10,12,15-17,19-20H2,1-4H3,(H,42,43)/t23-,26?,27?,28-,29-,31?,32?,35?,36?,37+/m1/s1. The van der Waals surface area contributed by atoms with E-state index in [0.29, 0.717) is 35.2 Å². The van der Waals surface area contributed by atoms with Crippen LogP contribution in [0.25, 0.3) is 0 Å². The van der Waals surface area contributed by atoms with Crippen LogP contribution in [-0.4, -0.2) is 53.0 Å². The molecule has 7 rings (SSSR count). The maximum Gasteiger partial charge on any atom is 0.315 e. The number of carbonyl (C=O) groups excluding carboxylic acids is 1. The van der Waals surface area contributed by atoms with Crippen LogP contribution in [0.3, 0.4) is 0 Å². The van der Waals surface area contributed by atoms with Gasteiger partial charge in [-0.1, -0.05) is 88.6 Å². The van der Waals surface area contributed by atoms with Crippen molar-refractivity contribution in [3.8, 4) is 0 Å². The Morgan fingerprint density at radius 1 is 1.16 bits per heavy atom. The van der Waals surface area contributed by atoms with Gasteiger partial charge in [0.2, 0.25) is 0 Å². The number of hydrogen-bond acceptors (Lipinski definition) is 5. The topological polar surface area (TPSA) is 79.7 Å². The van der Waals surface area contributed by atoms with Gasteiger partial charge in [0.1, 0.15) is 16.9 Å². The molecule has 0 amide bonds. The number of nitrogens with zero attached hydrogens (tertiary/aromatic N) is 2. The summed E-state index contributed by atoms with van der Waals surface area (Å²) in [5.41, 5.74) is -0.456. The van der Waals surface area contributed by atoms with Crippen molar-refractivity contribution in [1.82, 2.24) is 9.88 Å². The van der Waals surface area contributed by atoms with Gasteiger partial charge in [-0.3, -0.25) is 9.69 Å². The van der Waals surface area contributed by atoms with Crippen LogP contribution in [-0.2, 0) is 20.9 Å². The monoisotopic (exact) mass is 622 g/mol. The Bertz CT molecular complexity index is 1310. The molecule has 6 unspecified atom stereocenters. The third-order valence-corrected chi connectivity index (χ3v) is 14.1. The largest absolute Gasteiger partial charge is 0.481 e. The van der Waals surface area contributed by atoms with Gasteiger partial charge in [0.25, 0.3) is 0 Å². The third kappa shape index (κ3) is 4.15. The number of allylic oxidation sites excluding steroid dienone is 1. The highest BCUT2D eigenvalue weighted by Gasteiger charge is 2.86. The van der Waals surface area contributed by atoms with Crippen molar-refractivity contribution in [3.63, 3.8) is 0 Å². The molecule has 6 aliphatic rings. The number of fused-ring (bicyclic) bond motifs is 2. The Kier molecular flexibility index (Phi) is 7.85. The molecule has 10 atom stereocenters. The van der Waals surface area contributed by atoms with Crippen molar-refractivity contribution in [2.45, 2.75) is 104 Å². The molecular weight excluding hydrogens is 572 g/mol. The average Bonchev–Trinajstić information content (AvgIpc) is 3.72. The second kappa shape index (κ2) is 11.2. The molecule has 6 nitrogen and oxygen atoms in total. The molecule has 0 spiro atoms. The zero-order valence-electron chi connectivity index (χ0n) is 27.0. The van der Waals surface area contributed by atoms with Crippen LogP contribution in [0.1, 0.15) is 90.5 Å². The predicted octanol–water partition coefficient (Wildman–Crippen LogP) is 7.45. The third-order valence-electron chi connectivity index (χ3n) is 13.9. The summed E-state index contributed by atoms with van der Waals surface area (Å²) < 4.78 is 7.38. The Labute approximate surface area is 268 Å². The van der Waals surface area contributed by atoms with Gasteiger partial charge in [0, 0.05) is 24.7 Å². The first kappa shape index (κ1) is 30.9. The maximum absolute atomic E-state index is 14.1. The minimum Gasteiger partial charge on any atom is -0.481 e. The van der Waals surface area contributed by atoms with Crippen molar-refractivity contribution in [3.05, 3.63) is 40.7 Å². The Hall–Kier alpha value is -1.76.